The maximum absolute atomic E-state index is 5.78. The maximum atomic E-state index is 5.78. The smallest absolute Gasteiger partial charge is 0.0806 e. The standard InChI is InChI=1S/C15H24N2O/c1-5-15(2,18-4)14(16-3)12-9-8-11-7-6-10-17-13(11)12/h6-7,10,12,14,16H,5,8-9H2,1-4H3. The van der Waals surface area contributed by atoms with Gasteiger partial charge in [-0.1, -0.05) is 13.0 Å². The molecule has 1 N–H and O–H groups in total. The van der Waals surface area contributed by atoms with Crippen molar-refractivity contribution in [3.8, 4) is 0 Å². The van der Waals surface area contributed by atoms with Gasteiger partial charge >= 0.3 is 0 Å². The number of aromatic nitrogens is 1. The van der Waals surface area contributed by atoms with E-state index in [4.69, 9.17) is 4.74 Å². The number of likely N-dealkylation sites (N-methyl/N-ethyl adjacent to an activating group) is 1. The zero-order valence-electron chi connectivity index (χ0n) is 11.9. The number of aryl methyl sites for hydroxylation is 1. The van der Waals surface area contributed by atoms with E-state index in [-0.39, 0.29) is 5.60 Å². The first-order valence-electron chi connectivity index (χ1n) is 6.82. The Kier molecular flexibility index (Phi) is 4.03. The van der Waals surface area contributed by atoms with Crippen LogP contribution >= 0.6 is 0 Å². The Morgan fingerprint density at radius 2 is 2.39 bits per heavy atom. The van der Waals surface area contributed by atoms with E-state index >= 15 is 0 Å². The van der Waals surface area contributed by atoms with Crippen molar-refractivity contribution >= 4 is 0 Å². The molecule has 3 unspecified atom stereocenters. The fraction of sp³-hybridized carbons (Fsp3) is 0.667. The molecule has 0 spiro atoms. The Hall–Kier alpha value is -0.930. The summed E-state index contributed by atoms with van der Waals surface area (Å²) < 4.78 is 5.78. The van der Waals surface area contributed by atoms with Gasteiger partial charge in [-0.3, -0.25) is 4.98 Å². The molecule has 1 aliphatic carbocycles. The Morgan fingerprint density at radius 3 is 3.00 bits per heavy atom. The van der Waals surface area contributed by atoms with Crippen LogP contribution in [0, 0.1) is 0 Å². The number of hydrogen-bond donors (Lipinski definition) is 1. The molecule has 18 heavy (non-hydrogen) atoms. The molecule has 3 nitrogen and oxygen atoms in total. The van der Waals surface area contributed by atoms with Crippen molar-refractivity contribution in [2.75, 3.05) is 14.2 Å². The van der Waals surface area contributed by atoms with Gasteiger partial charge < -0.3 is 10.1 Å². The van der Waals surface area contributed by atoms with Crippen LogP contribution in [0.1, 0.15) is 43.9 Å². The maximum Gasteiger partial charge on any atom is 0.0806 e. The lowest BCUT2D eigenvalue weighted by molar-refractivity contribution is -0.0346. The molecule has 0 saturated heterocycles. The molecule has 3 heteroatoms. The fourth-order valence-electron chi connectivity index (χ4n) is 3.19. The average Bonchev–Trinajstić information content (AvgIpc) is 2.83. The lowest BCUT2D eigenvalue weighted by atomic mass is 9.82. The van der Waals surface area contributed by atoms with Crippen LogP contribution in [0.4, 0.5) is 0 Å². The van der Waals surface area contributed by atoms with Crippen molar-refractivity contribution in [1.82, 2.24) is 10.3 Å². The molecule has 100 valence electrons. The largest absolute Gasteiger partial charge is 0.377 e. The summed E-state index contributed by atoms with van der Waals surface area (Å²) in [5, 5.41) is 3.46. The normalized spacial score (nSPS) is 23.4. The number of hydrogen-bond acceptors (Lipinski definition) is 3. The van der Waals surface area contributed by atoms with Gasteiger partial charge in [-0.05, 0) is 44.9 Å². The Bertz CT molecular complexity index is 401. The predicted octanol–water partition coefficient (Wildman–Crippen LogP) is 2.51. The molecule has 1 aliphatic rings. The first-order valence-corrected chi connectivity index (χ1v) is 6.82. The van der Waals surface area contributed by atoms with E-state index in [9.17, 15) is 0 Å². The molecule has 0 aromatic carbocycles. The second-order valence-corrected chi connectivity index (χ2v) is 5.33. The quantitative estimate of drug-likeness (QED) is 0.869. The van der Waals surface area contributed by atoms with Crippen molar-refractivity contribution < 1.29 is 4.74 Å². The Morgan fingerprint density at radius 1 is 1.61 bits per heavy atom. The first kappa shape index (κ1) is 13.5. The molecular formula is C15H24N2O. The number of ether oxygens (including phenoxy) is 1. The third-order valence-corrected chi connectivity index (χ3v) is 4.54. The highest BCUT2D eigenvalue weighted by molar-refractivity contribution is 5.31. The van der Waals surface area contributed by atoms with E-state index in [2.05, 4.69) is 30.2 Å². The summed E-state index contributed by atoms with van der Waals surface area (Å²) in [5.74, 6) is 0.455. The van der Waals surface area contributed by atoms with Crippen molar-refractivity contribution in [3.63, 3.8) is 0 Å². The van der Waals surface area contributed by atoms with Crippen LogP contribution in [-0.4, -0.2) is 30.8 Å². The second-order valence-electron chi connectivity index (χ2n) is 5.33. The molecule has 0 saturated carbocycles. The second kappa shape index (κ2) is 5.37. The van der Waals surface area contributed by atoms with E-state index in [1.54, 1.807) is 0 Å². The van der Waals surface area contributed by atoms with Gasteiger partial charge in [0.25, 0.3) is 0 Å². The predicted molar refractivity (Wildman–Crippen MR) is 73.9 cm³/mol. The van der Waals surface area contributed by atoms with Crippen molar-refractivity contribution in [2.24, 2.45) is 0 Å². The molecule has 1 aromatic heterocycles. The van der Waals surface area contributed by atoms with Gasteiger partial charge in [-0.25, -0.2) is 0 Å². The van der Waals surface area contributed by atoms with Crippen molar-refractivity contribution in [3.05, 3.63) is 29.6 Å². The summed E-state index contributed by atoms with van der Waals surface area (Å²) in [6.07, 6.45) is 5.19. The molecular weight excluding hydrogens is 224 g/mol. The minimum Gasteiger partial charge on any atom is -0.377 e. The number of nitrogens with zero attached hydrogens (tertiary/aromatic N) is 1. The zero-order valence-corrected chi connectivity index (χ0v) is 11.9. The van der Waals surface area contributed by atoms with Gasteiger partial charge in [0.2, 0.25) is 0 Å². The van der Waals surface area contributed by atoms with Gasteiger partial charge in [-0.15, -0.1) is 0 Å². The molecule has 1 heterocycles. The van der Waals surface area contributed by atoms with Gasteiger partial charge in [0.05, 0.1) is 5.60 Å². The summed E-state index contributed by atoms with van der Waals surface area (Å²) in [7, 11) is 3.83. The molecule has 0 amide bonds. The van der Waals surface area contributed by atoms with Gasteiger partial charge in [0, 0.05) is 31.0 Å². The number of methoxy groups -OCH3 is 1. The molecule has 1 aromatic rings. The average molecular weight is 248 g/mol. The van der Waals surface area contributed by atoms with Crippen LogP contribution in [0.15, 0.2) is 18.3 Å². The minimum atomic E-state index is -0.140. The lowest BCUT2D eigenvalue weighted by Gasteiger charge is -2.39. The molecule has 2 rings (SSSR count). The van der Waals surface area contributed by atoms with E-state index < -0.39 is 0 Å². The van der Waals surface area contributed by atoms with Crippen LogP contribution in [-0.2, 0) is 11.2 Å². The Balaban J connectivity index is 2.31. The van der Waals surface area contributed by atoms with Gasteiger partial charge in [-0.2, -0.15) is 0 Å². The van der Waals surface area contributed by atoms with E-state index in [0.717, 1.165) is 19.3 Å². The number of pyridine rings is 1. The highest BCUT2D eigenvalue weighted by Crippen LogP contribution is 2.39. The molecule has 0 bridgehead atoms. The van der Waals surface area contributed by atoms with Crippen molar-refractivity contribution in [1.29, 1.82) is 0 Å². The first-order chi connectivity index (χ1) is 8.66. The summed E-state index contributed by atoms with van der Waals surface area (Å²) >= 11 is 0. The number of nitrogens with one attached hydrogen (secondary N) is 1. The van der Waals surface area contributed by atoms with E-state index in [0.29, 0.717) is 12.0 Å². The summed E-state index contributed by atoms with van der Waals surface area (Å²) in [5.41, 5.74) is 2.52. The van der Waals surface area contributed by atoms with Crippen molar-refractivity contribution in [2.45, 2.75) is 50.7 Å². The topological polar surface area (TPSA) is 34.1 Å². The highest BCUT2D eigenvalue weighted by Gasteiger charge is 2.41. The summed E-state index contributed by atoms with van der Waals surface area (Å²) in [4.78, 5) is 4.60. The lowest BCUT2D eigenvalue weighted by Crippen LogP contribution is -2.51. The summed E-state index contributed by atoms with van der Waals surface area (Å²) in [6, 6.07) is 4.54. The van der Waals surface area contributed by atoms with Crippen LogP contribution in [0.3, 0.4) is 0 Å². The third kappa shape index (κ3) is 2.17. The van der Waals surface area contributed by atoms with Crippen LogP contribution in [0.25, 0.3) is 0 Å². The molecule has 0 radical (unpaired) electrons. The minimum absolute atomic E-state index is 0.140. The van der Waals surface area contributed by atoms with Gasteiger partial charge in [0.15, 0.2) is 0 Å². The zero-order chi connectivity index (χ0) is 13.2. The van der Waals surface area contributed by atoms with E-state index in [1.807, 2.05) is 26.4 Å². The fourth-order valence-corrected chi connectivity index (χ4v) is 3.19. The Labute approximate surface area is 110 Å². The monoisotopic (exact) mass is 248 g/mol. The number of rotatable bonds is 5. The molecule has 3 atom stereocenters. The van der Waals surface area contributed by atoms with E-state index in [1.165, 1.54) is 11.3 Å². The highest BCUT2D eigenvalue weighted by atomic mass is 16.5. The number of fused-ring (bicyclic) bond motifs is 1. The molecule has 0 aliphatic heterocycles. The summed E-state index contributed by atoms with van der Waals surface area (Å²) in [6.45, 7) is 4.37. The third-order valence-electron chi connectivity index (χ3n) is 4.54. The molecule has 0 fully saturated rings. The van der Waals surface area contributed by atoms with Gasteiger partial charge in [0.1, 0.15) is 0 Å². The van der Waals surface area contributed by atoms with Crippen LogP contribution in [0.5, 0.6) is 0 Å². The SMILES string of the molecule is CCC(C)(OC)C(NC)C1CCc2cccnc21. The van der Waals surface area contributed by atoms with Crippen LogP contribution < -0.4 is 5.32 Å². The van der Waals surface area contributed by atoms with Crippen LogP contribution in [0.2, 0.25) is 0 Å².